The quantitative estimate of drug-likeness (QED) is 0.846. The van der Waals surface area contributed by atoms with Crippen molar-refractivity contribution in [2.24, 2.45) is 0 Å². The molecule has 1 aliphatic rings. The van der Waals surface area contributed by atoms with Crippen LogP contribution in [0.4, 0.5) is 0 Å². The third-order valence-electron chi connectivity index (χ3n) is 3.98. The van der Waals surface area contributed by atoms with Crippen molar-refractivity contribution < 1.29 is 5.11 Å². The van der Waals surface area contributed by atoms with Crippen LogP contribution in [0.5, 0.6) is 0 Å². The highest BCUT2D eigenvalue weighted by Crippen LogP contribution is 2.38. The number of nitrogens with zero attached hydrogens (tertiary/aromatic N) is 1. The van der Waals surface area contributed by atoms with Gasteiger partial charge in [-0.05, 0) is 18.1 Å². The van der Waals surface area contributed by atoms with E-state index in [2.05, 4.69) is 36.1 Å². The minimum absolute atomic E-state index is 0.248. The summed E-state index contributed by atoms with van der Waals surface area (Å²) in [6.45, 7) is 3.17. The Kier molecular flexibility index (Phi) is 3.36. The van der Waals surface area contributed by atoms with Gasteiger partial charge in [-0.15, -0.1) is 0 Å². The van der Waals surface area contributed by atoms with Gasteiger partial charge in [0.2, 0.25) is 0 Å². The standard InChI is InChI=1S/C17H19NO/c1-13(14-8-4-2-5-9-14)18-12-16(18)17(19)15-10-6-3-7-11-15/h2-11,13,16-17,19H,12H2,1H3/t13-,16?,17+,18?/m0/s1. The highest BCUT2D eigenvalue weighted by Gasteiger charge is 2.43. The van der Waals surface area contributed by atoms with Crippen LogP contribution in [-0.4, -0.2) is 22.6 Å². The molecule has 3 rings (SSSR count). The molecule has 2 unspecified atom stereocenters. The summed E-state index contributed by atoms with van der Waals surface area (Å²) in [5.41, 5.74) is 2.32. The Morgan fingerprint density at radius 1 is 0.947 bits per heavy atom. The number of hydrogen-bond acceptors (Lipinski definition) is 2. The van der Waals surface area contributed by atoms with Gasteiger partial charge in [0.15, 0.2) is 0 Å². The monoisotopic (exact) mass is 253 g/mol. The van der Waals surface area contributed by atoms with Gasteiger partial charge in [0.1, 0.15) is 0 Å². The van der Waals surface area contributed by atoms with Crippen molar-refractivity contribution >= 4 is 0 Å². The number of aliphatic hydroxyl groups excluding tert-OH is 1. The van der Waals surface area contributed by atoms with Crippen LogP contribution in [0.2, 0.25) is 0 Å². The molecule has 0 amide bonds. The first kappa shape index (κ1) is 12.4. The summed E-state index contributed by atoms with van der Waals surface area (Å²) in [5.74, 6) is 0. The highest BCUT2D eigenvalue weighted by molar-refractivity contribution is 5.24. The van der Waals surface area contributed by atoms with Crippen LogP contribution in [0, 0.1) is 0 Å². The number of benzene rings is 2. The van der Waals surface area contributed by atoms with Gasteiger partial charge >= 0.3 is 0 Å². The Labute approximate surface area is 114 Å². The van der Waals surface area contributed by atoms with Crippen LogP contribution in [0.25, 0.3) is 0 Å². The summed E-state index contributed by atoms with van der Waals surface area (Å²) in [6.07, 6.45) is -0.382. The van der Waals surface area contributed by atoms with E-state index in [4.69, 9.17) is 0 Å². The second-order valence-electron chi connectivity index (χ2n) is 5.21. The van der Waals surface area contributed by atoms with Crippen molar-refractivity contribution in [2.45, 2.75) is 25.1 Å². The van der Waals surface area contributed by atoms with Crippen molar-refractivity contribution in [1.82, 2.24) is 4.90 Å². The fourth-order valence-electron chi connectivity index (χ4n) is 2.69. The van der Waals surface area contributed by atoms with Gasteiger partial charge in [-0.2, -0.15) is 0 Å². The van der Waals surface area contributed by atoms with Crippen LogP contribution in [-0.2, 0) is 0 Å². The fourth-order valence-corrected chi connectivity index (χ4v) is 2.69. The lowest BCUT2D eigenvalue weighted by Crippen LogP contribution is -2.14. The average Bonchev–Trinajstić information content (AvgIpc) is 3.28. The molecule has 2 aromatic rings. The van der Waals surface area contributed by atoms with E-state index in [0.29, 0.717) is 6.04 Å². The molecule has 0 radical (unpaired) electrons. The maximum Gasteiger partial charge on any atom is 0.0957 e. The molecule has 1 N–H and O–H groups in total. The highest BCUT2D eigenvalue weighted by atomic mass is 16.3. The largest absolute Gasteiger partial charge is 0.387 e. The summed E-state index contributed by atoms with van der Waals surface area (Å²) >= 11 is 0. The molecular formula is C17H19NO. The predicted molar refractivity (Wildman–Crippen MR) is 76.8 cm³/mol. The first-order valence-corrected chi connectivity index (χ1v) is 6.81. The Morgan fingerprint density at radius 2 is 1.47 bits per heavy atom. The third-order valence-corrected chi connectivity index (χ3v) is 3.98. The van der Waals surface area contributed by atoms with Gasteiger partial charge in [-0.1, -0.05) is 60.7 Å². The average molecular weight is 253 g/mol. The third kappa shape index (κ3) is 2.55. The second kappa shape index (κ2) is 5.16. The minimum Gasteiger partial charge on any atom is -0.387 e. The normalized spacial score (nSPS) is 24.7. The SMILES string of the molecule is C[C@@H](c1ccccc1)N1CC1[C@H](O)c1ccccc1. The summed E-state index contributed by atoms with van der Waals surface area (Å²) in [6, 6.07) is 21.0. The van der Waals surface area contributed by atoms with E-state index < -0.39 is 0 Å². The van der Waals surface area contributed by atoms with Crippen LogP contribution in [0.15, 0.2) is 60.7 Å². The lowest BCUT2D eigenvalue weighted by molar-refractivity contribution is 0.151. The van der Waals surface area contributed by atoms with Crippen molar-refractivity contribution in [2.75, 3.05) is 6.54 Å². The molecular weight excluding hydrogens is 234 g/mol. The zero-order chi connectivity index (χ0) is 13.2. The molecule has 0 bridgehead atoms. The lowest BCUT2D eigenvalue weighted by atomic mass is 10.1. The fraction of sp³-hybridized carbons (Fsp3) is 0.294. The van der Waals surface area contributed by atoms with Gasteiger partial charge in [0, 0.05) is 12.6 Å². The second-order valence-corrected chi connectivity index (χ2v) is 5.21. The zero-order valence-corrected chi connectivity index (χ0v) is 11.1. The van der Waals surface area contributed by atoms with Crippen LogP contribution >= 0.6 is 0 Å². The van der Waals surface area contributed by atoms with Crippen LogP contribution < -0.4 is 0 Å². The van der Waals surface area contributed by atoms with Crippen LogP contribution in [0.3, 0.4) is 0 Å². The summed E-state index contributed by atoms with van der Waals surface area (Å²) < 4.78 is 0. The van der Waals surface area contributed by atoms with Gasteiger partial charge in [0.05, 0.1) is 12.1 Å². The summed E-state index contributed by atoms with van der Waals surface area (Å²) in [4.78, 5) is 2.34. The number of rotatable bonds is 4. The number of aliphatic hydroxyl groups is 1. The lowest BCUT2D eigenvalue weighted by Gasteiger charge is -2.17. The smallest absolute Gasteiger partial charge is 0.0957 e. The molecule has 0 saturated carbocycles. The Bertz CT molecular complexity index is 476. The van der Waals surface area contributed by atoms with E-state index in [-0.39, 0.29) is 12.1 Å². The molecule has 4 atom stereocenters. The molecule has 19 heavy (non-hydrogen) atoms. The van der Waals surface area contributed by atoms with E-state index in [0.717, 1.165) is 12.1 Å². The van der Waals surface area contributed by atoms with Crippen molar-refractivity contribution in [3.8, 4) is 0 Å². The molecule has 2 aromatic carbocycles. The summed E-state index contributed by atoms with van der Waals surface area (Å²) in [7, 11) is 0. The van der Waals surface area contributed by atoms with Gasteiger partial charge in [-0.25, -0.2) is 0 Å². The topological polar surface area (TPSA) is 23.2 Å². The Balaban J connectivity index is 1.68. The molecule has 1 aliphatic heterocycles. The summed E-state index contributed by atoms with van der Waals surface area (Å²) in [5, 5.41) is 10.4. The van der Waals surface area contributed by atoms with Crippen molar-refractivity contribution in [3.63, 3.8) is 0 Å². The molecule has 1 heterocycles. The molecule has 1 fully saturated rings. The first-order valence-electron chi connectivity index (χ1n) is 6.81. The van der Waals surface area contributed by atoms with E-state index in [1.165, 1.54) is 5.56 Å². The molecule has 0 aliphatic carbocycles. The molecule has 0 aromatic heterocycles. The van der Waals surface area contributed by atoms with Gasteiger partial charge < -0.3 is 5.11 Å². The molecule has 98 valence electrons. The molecule has 2 heteroatoms. The van der Waals surface area contributed by atoms with Crippen molar-refractivity contribution in [1.29, 1.82) is 0 Å². The first-order chi connectivity index (χ1) is 9.27. The van der Waals surface area contributed by atoms with Crippen LogP contribution in [0.1, 0.15) is 30.2 Å². The maximum absolute atomic E-state index is 10.4. The van der Waals surface area contributed by atoms with E-state index >= 15 is 0 Å². The zero-order valence-electron chi connectivity index (χ0n) is 11.1. The minimum atomic E-state index is -0.382. The van der Waals surface area contributed by atoms with Crippen molar-refractivity contribution in [3.05, 3.63) is 71.8 Å². The molecule has 2 nitrogen and oxygen atoms in total. The maximum atomic E-state index is 10.4. The Hall–Kier alpha value is -1.64. The van der Waals surface area contributed by atoms with E-state index in [9.17, 15) is 5.11 Å². The van der Waals surface area contributed by atoms with Gasteiger partial charge in [-0.3, -0.25) is 4.90 Å². The van der Waals surface area contributed by atoms with Gasteiger partial charge in [0.25, 0.3) is 0 Å². The number of hydrogen-bond donors (Lipinski definition) is 1. The molecule has 1 saturated heterocycles. The Morgan fingerprint density at radius 3 is 2.05 bits per heavy atom. The van der Waals surface area contributed by atoms with E-state index in [1.807, 2.05) is 36.4 Å². The molecule has 0 spiro atoms. The van der Waals surface area contributed by atoms with E-state index in [1.54, 1.807) is 0 Å². The predicted octanol–water partition coefficient (Wildman–Crippen LogP) is 3.17.